The van der Waals surface area contributed by atoms with Crippen LogP contribution in [-0.4, -0.2) is 38.3 Å². The van der Waals surface area contributed by atoms with Gasteiger partial charge in [-0.3, -0.25) is 4.79 Å². The van der Waals surface area contributed by atoms with E-state index in [1.807, 2.05) is 19.1 Å². The highest BCUT2D eigenvalue weighted by Crippen LogP contribution is 2.26. The van der Waals surface area contributed by atoms with Crippen LogP contribution in [0, 0.1) is 5.41 Å². The Labute approximate surface area is 118 Å². The molecule has 0 saturated carbocycles. The third kappa shape index (κ3) is 3.59. The first-order chi connectivity index (χ1) is 9.63. The number of nitrogens with two attached hydrogens (primary N) is 1. The summed E-state index contributed by atoms with van der Waals surface area (Å²) in [5, 5.41) is 2.89. The molecule has 6 nitrogen and oxygen atoms in total. The molecule has 0 spiro atoms. The van der Waals surface area contributed by atoms with E-state index in [4.69, 9.17) is 19.6 Å². The number of rotatable bonds is 7. The highest BCUT2D eigenvalue weighted by atomic mass is 16.5. The largest absolute Gasteiger partial charge is 0.467 e. The van der Waals surface area contributed by atoms with Gasteiger partial charge >= 0.3 is 0 Å². The average molecular weight is 282 g/mol. The number of amides is 1. The van der Waals surface area contributed by atoms with Gasteiger partial charge in [0.25, 0.3) is 0 Å². The predicted octanol–water partition coefficient (Wildman–Crippen LogP) is 0.666. The van der Waals surface area contributed by atoms with E-state index in [1.165, 1.54) is 0 Å². The summed E-state index contributed by atoms with van der Waals surface area (Å²) in [5.41, 5.74) is 5.28. The van der Waals surface area contributed by atoms with Crippen LogP contribution < -0.4 is 11.1 Å². The summed E-state index contributed by atoms with van der Waals surface area (Å²) in [6, 6.07) is 3.45. The van der Waals surface area contributed by atoms with Crippen molar-refractivity contribution in [2.45, 2.75) is 26.0 Å². The summed E-state index contributed by atoms with van der Waals surface area (Å²) in [4.78, 5) is 12.1. The molecule has 2 heterocycles. The minimum atomic E-state index is -0.616. The molecule has 1 aromatic heterocycles. The Morgan fingerprint density at radius 1 is 1.65 bits per heavy atom. The van der Waals surface area contributed by atoms with Gasteiger partial charge in [-0.05, 0) is 25.5 Å². The molecular weight excluding hydrogens is 260 g/mol. The van der Waals surface area contributed by atoms with E-state index in [2.05, 4.69) is 5.32 Å². The minimum absolute atomic E-state index is 0.0477. The lowest BCUT2D eigenvalue weighted by Crippen LogP contribution is -2.50. The third-order valence-corrected chi connectivity index (χ3v) is 3.61. The smallest absolute Gasteiger partial charge is 0.229 e. The average Bonchev–Trinajstić information content (AvgIpc) is 3.05. The van der Waals surface area contributed by atoms with E-state index >= 15 is 0 Å². The Morgan fingerprint density at radius 2 is 2.50 bits per heavy atom. The van der Waals surface area contributed by atoms with Crippen LogP contribution in [0.5, 0.6) is 0 Å². The Morgan fingerprint density at radius 3 is 3.15 bits per heavy atom. The number of hydrogen-bond donors (Lipinski definition) is 2. The molecule has 0 radical (unpaired) electrons. The maximum Gasteiger partial charge on any atom is 0.229 e. The zero-order chi connectivity index (χ0) is 14.4. The van der Waals surface area contributed by atoms with Crippen LogP contribution >= 0.6 is 0 Å². The minimum Gasteiger partial charge on any atom is -0.467 e. The van der Waals surface area contributed by atoms with Gasteiger partial charge in [-0.2, -0.15) is 0 Å². The molecule has 20 heavy (non-hydrogen) atoms. The first-order valence-electron chi connectivity index (χ1n) is 6.84. The Balaban J connectivity index is 1.58. The molecule has 0 aromatic carbocycles. The Kier molecular flexibility index (Phi) is 5.17. The maximum absolute atomic E-state index is 12.1. The van der Waals surface area contributed by atoms with Crippen molar-refractivity contribution in [3.05, 3.63) is 24.2 Å². The SMILES string of the molecule is CC1(C(=O)NCCCOCc2ccco2)COCC1N. The maximum atomic E-state index is 12.1. The monoisotopic (exact) mass is 282 g/mol. The molecule has 0 aliphatic carbocycles. The van der Waals surface area contributed by atoms with Gasteiger partial charge in [0.1, 0.15) is 12.4 Å². The first kappa shape index (κ1) is 15.0. The van der Waals surface area contributed by atoms with Crippen LogP contribution in [0.3, 0.4) is 0 Å². The number of nitrogens with one attached hydrogen (secondary N) is 1. The molecule has 6 heteroatoms. The van der Waals surface area contributed by atoms with Crippen molar-refractivity contribution in [3.8, 4) is 0 Å². The fourth-order valence-corrected chi connectivity index (χ4v) is 2.07. The zero-order valence-corrected chi connectivity index (χ0v) is 11.8. The summed E-state index contributed by atoms with van der Waals surface area (Å²) in [5.74, 6) is 0.754. The molecule has 1 fully saturated rings. The van der Waals surface area contributed by atoms with Crippen molar-refractivity contribution in [3.63, 3.8) is 0 Å². The van der Waals surface area contributed by atoms with Crippen LogP contribution in [0.4, 0.5) is 0 Å². The second-order valence-electron chi connectivity index (χ2n) is 5.28. The molecule has 3 N–H and O–H groups in total. The van der Waals surface area contributed by atoms with Crippen molar-refractivity contribution in [1.29, 1.82) is 0 Å². The van der Waals surface area contributed by atoms with Gasteiger partial charge in [-0.1, -0.05) is 0 Å². The normalized spacial score (nSPS) is 25.8. The molecule has 2 rings (SSSR count). The lowest BCUT2D eigenvalue weighted by atomic mass is 9.85. The van der Waals surface area contributed by atoms with Crippen molar-refractivity contribution in [2.75, 3.05) is 26.4 Å². The molecule has 1 amide bonds. The van der Waals surface area contributed by atoms with Gasteiger partial charge in [-0.15, -0.1) is 0 Å². The molecule has 1 saturated heterocycles. The molecule has 2 atom stereocenters. The Hall–Kier alpha value is -1.37. The fraction of sp³-hybridized carbons (Fsp3) is 0.643. The number of furan rings is 1. The third-order valence-electron chi connectivity index (χ3n) is 3.61. The van der Waals surface area contributed by atoms with E-state index < -0.39 is 5.41 Å². The summed E-state index contributed by atoms with van der Waals surface area (Å²) in [6.45, 7) is 4.26. The highest BCUT2D eigenvalue weighted by Gasteiger charge is 2.44. The molecule has 0 bridgehead atoms. The number of carbonyl (C=O) groups excluding carboxylic acids is 1. The van der Waals surface area contributed by atoms with Crippen molar-refractivity contribution >= 4 is 5.91 Å². The standard InChI is InChI=1S/C14H22N2O4/c1-14(10-19-9-12(14)15)13(17)16-5-3-6-18-8-11-4-2-7-20-11/h2,4,7,12H,3,5-6,8-10,15H2,1H3,(H,16,17). The van der Waals surface area contributed by atoms with E-state index in [0.717, 1.165) is 12.2 Å². The Bertz CT molecular complexity index is 421. The van der Waals surface area contributed by atoms with Gasteiger partial charge in [0.2, 0.25) is 5.91 Å². The molecular formula is C14H22N2O4. The fourth-order valence-electron chi connectivity index (χ4n) is 2.07. The lowest BCUT2D eigenvalue weighted by molar-refractivity contribution is -0.130. The van der Waals surface area contributed by atoms with Crippen LogP contribution in [0.1, 0.15) is 19.1 Å². The van der Waals surface area contributed by atoms with Gasteiger partial charge in [0, 0.05) is 19.2 Å². The van der Waals surface area contributed by atoms with Crippen molar-refractivity contribution < 1.29 is 18.7 Å². The summed E-state index contributed by atoms with van der Waals surface area (Å²) in [6.07, 6.45) is 2.37. The van der Waals surface area contributed by atoms with Crippen LogP contribution in [0.2, 0.25) is 0 Å². The van der Waals surface area contributed by atoms with Gasteiger partial charge in [0.15, 0.2) is 0 Å². The van der Waals surface area contributed by atoms with Crippen LogP contribution in [0.15, 0.2) is 22.8 Å². The molecule has 2 unspecified atom stereocenters. The van der Waals surface area contributed by atoms with Crippen molar-refractivity contribution in [2.24, 2.45) is 11.1 Å². The van der Waals surface area contributed by atoms with E-state index in [0.29, 0.717) is 33.0 Å². The number of carbonyl (C=O) groups is 1. The van der Waals surface area contributed by atoms with Gasteiger partial charge in [0.05, 0.1) is 24.9 Å². The molecule has 1 aliphatic heterocycles. The lowest BCUT2D eigenvalue weighted by Gasteiger charge is -2.25. The molecule has 1 aromatic rings. The molecule has 1 aliphatic rings. The quantitative estimate of drug-likeness (QED) is 0.718. The summed E-state index contributed by atoms with van der Waals surface area (Å²) in [7, 11) is 0. The van der Waals surface area contributed by atoms with Gasteiger partial charge in [-0.25, -0.2) is 0 Å². The van der Waals surface area contributed by atoms with Crippen LogP contribution in [0.25, 0.3) is 0 Å². The second kappa shape index (κ2) is 6.88. The second-order valence-corrected chi connectivity index (χ2v) is 5.28. The van der Waals surface area contributed by atoms with E-state index in [-0.39, 0.29) is 11.9 Å². The van der Waals surface area contributed by atoms with E-state index in [1.54, 1.807) is 6.26 Å². The topological polar surface area (TPSA) is 86.7 Å². The first-order valence-corrected chi connectivity index (χ1v) is 6.84. The predicted molar refractivity (Wildman–Crippen MR) is 72.9 cm³/mol. The van der Waals surface area contributed by atoms with Crippen molar-refractivity contribution in [1.82, 2.24) is 5.32 Å². The van der Waals surface area contributed by atoms with Gasteiger partial charge < -0.3 is 24.9 Å². The summed E-state index contributed by atoms with van der Waals surface area (Å²) < 4.78 is 15.8. The summed E-state index contributed by atoms with van der Waals surface area (Å²) >= 11 is 0. The zero-order valence-electron chi connectivity index (χ0n) is 11.8. The van der Waals surface area contributed by atoms with E-state index in [9.17, 15) is 4.79 Å². The number of hydrogen-bond acceptors (Lipinski definition) is 5. The molecule has 112 valence electrons. The van der Waals surface area contributed by atoms with Crippen LogP contribution in [-0.2, 0) is 20.9 Å². The highest BCUT2D eigenvalue weighted by molar-refractivity contribution is 5.83. The number of ether oxygens (including phenoxy) is 2.